The lowest BCUT2D eigenvalue weighted by Crippen LogP contribution is -2.37. The zero-order chi connectivity index (χ0) is 13.6. The van der Waals surface area contributed by atoms with Crippen molar-refractivity contribution in [2.24, 2.45) is 11.8 Å². The molecule has 0 aromatic heterocycles. The van der Waals surface area contributed by atoms with E-state index in [0.717, 1.165) is 18.5 Å². The van der Waals surface area contributed by atoms with Gasteiger partial charge < -0.3 is 10.0 Å². The first-order valence-corrected chi connectivity index (χ1v) is 6.71. The predicted octanol–water partition coefficient (Wildman–Crippen LogP) is 1.99. The number of aliphatic carboxylic acids is 1. The van der Waals surface area contributed by atoms with E-state index >= 15 is 0 Å². The second-order valence-electron chi connectivity index (χ2n) is 5.51. The number of carboxylic acids is 1. The number of carbonyl (C=O) groups is 2. The summed E-state index contributed by atoms with van der Waals surface area (Å²) >= 11 is 0. The summed E-state index contributed by atoms with van der Waals surface area (Å²) in [4.78, 5) is 25.0. The molecule has 1 heterocycles. The summed E-state index contributed by atoms with van der Waals surface area (Å²) in [7, 11) is 0. The SMILES string of the molecule is Cc1ccc2c(c1)CCCN2C(=O)C1CC1C(=O)O. The van der Waals surface area contributed by atoms with Crippen molar-refractivity contribution in [1.29, 1.82) is 0 Å². The average molecular weight is 259 g/mol. The summed E-state index contributed by atoms with van der Waals surface area (Å²) in [6.07, 6.45) is 2.44. The van der Waals surface area contributed by atoms with Gasteiger partial charge >= 0.3 is 5.97 Å². The Kier molecular flexibility index (Phi) is 2.81. The zero-order valence-corrected chi connectivity index (χ0v) is 10.9. The fourth-order valence-corrected chi connectivity index (χ4v) is 2.90. The van der Waals surface area contributed by atoms with E-state index in [9.17, 15) is 9.59 Å². The van der Waals surface area contributed by atoms with E-state index in [-0.39, 0.29) is 11.8 Å². The van der Waals surface area contributed by atoms with Crippen LogP contribution in [0, 0.1) is 18.8 Å². The maximum Gasteiger partial charge on any atom is 0.307 e. The Morgan fingerprint density at radius 3 is 2.79 bits per heavy atom. The van der Waals surface area contributed by atoms with Crippen LogP contribution >= 0.6 is 0 Å². The summed E-state index contributed by atoms with van der Waals surface area (Å²) in [6, 6.07) is 6.11. The lowest BCUT2D eigenvalue weighted by molar-refractivity contribution is -0.140. The van der Waals surface area contributed by atoms with Gasteiger partial charge in [0, 0.05) is 12.2 Å². The molecule has 3 rings (SSSR count). The molecule has 0 spiro atoms. The molecule has 100 valence electrons. The first-order chi connectivity index (χ1) is 9.08. The normalized spacial score (nSPS) is 24.8. The molecular weight excluding hydrogens is 242 g/mol. The third-order valence-electron chi connectivity index (χ3n) is 4.04. The largest absolute Gasteiger partial charge is 0.481 e. The minimum absolute atomic E-state index is 0.0165. The Morgan fingerprint density at radius 1 is 1.32 bits per heavy atom. The summed E-state index contributed by atoms with van der Waals surface area (Å²) < 4.78 is 0. The van der Waals surface area contributed by atoms with Gasteiger partial charge in [0.15, 0.2) is 0 Å². The number of hydrogen-bond acceptors (Lipinski definition) is 2. The molecule has 2 atom stereocenters. The molecular formula is C15H17NO3. The van der Waals surface area contributed by atoms with Crippen molar-refractivity contribution in [3.63, 3.8) is 0 Å². The molecule has 4 heteroatoms. The van der Waals surface area contributed by atoms with Crippen LogP contribution in [0.4, 0.5) is 5.69 Å². The third kappa shape index (κ3) is 2.11. The number of hydrogen-bond donors (Lipinski definition) is 1. The van der Waals surface area contributed by atoms with E-state index < -0.39 is 11.9 Å². The fraction of sp³-hybridized carbons (Fsp3) is 0.467. The number of anilines is 1. The van der Waals surface area contributed by atoms with Gasteiger partial charge in [-0.3, -0.25) is 9.59 Å². The van der Waals surface area contributed by atoms with Crippen LogP contribution in [0.3, 0.4) is 0 Å². The predicted molar refractivity (Wildman–Crippen MR) is 71.1 cm³/mol. The van der Waals surface area contributed by atoms with Crippen LogP contribution in [0.5, 0.6) is 0 Å². The van der Waals surface area contributed by atoms with Crippen molar-refractivity contribution in [3.8, 4) is 0 Å². The Bertz CT molecular complexity index is 552. The van der Waals surface area contributed by atoms with Crippen molar-refractivity contribution >= 4 is 17.6 Å². The van der Waals surface area contributed by atoms with Crippen LogP contribution in [-0.2, 0) is 16.0 Å². The molecule has 1 N–H and O–H groups in total. The molecule has 0 bridgehead atoms. The molecule has 0 radical (unpaired) electrons. The van der Waals surface area contributed by atoms with Gasteiger partial charge in [0.25, 0.3) is 0 Å². The Morgan fingerprint density at radius 2 is 2.11 bits per heavy atom. The second-order valence-corrected chi connectivity index (χ2v) is 5.51. The van der Waals surface area contributed by atoms with Gasteiger partial charge in [0.1, 0.15) is 0 Å². The molecule has 2 unspecified atom stereocenters. The number of carbonyl (C=O) groups excluding carboxylic acids is 1. The van der Waals surface area contributed by atoms with Crippen molar-refractivity contribution in [2.75, 3.05) is 11.4 Å². The summed E-state index contributed by atoms with van der Waals surface area (Å²) in [5.74, 6) is -1.65. The topological polar surface area (TPSA) is 57.6 Å². The van der Waals surface area contributed by atoms with Crippen molar-refractivity contribution in [1.82, 2.24) is 0 Å². The minimum atomic E-state index is -0.848. The van der Waals surface area contributed by atoms with Crippen LogP contribution in [0.15, 0.2) is 18.2 Å². The highest BCUT2D eigenvalue weighted by atomic mass is 16.4. The van der Waals surface area contributed by atoms with Crippen molar-refractivity contribution < 1.29 is 14.7 Å². The molecule has 1 aromatic rings. The molecule has 19 heavy (non-hydrogen) atoms. The van der Waals surface area contributed by atoms with Crippen LogP contribution in [0.1, 0.15) is 24.0 Å². The second kappa shape index (κ2) is 4.37. The zero-order valence-electron chi connectivity index (χ0n) is 10.9. The highest BCUT2D eigenvalue weighted by Crippen LogP contribution is 2.42. The number of amides is 1. The lowest BCUT2D eigenvalue weighted by atomic mass is 9.99. The first-order valence-electron chi connectivity index (χ1n) is 6.71. The van der Waals surface area contributed by atoms with E-state index in [0.29, 0.717) is 13.0 Å². The molecule has 1 saturated carbocycles. The molecule has 1 amide bonds. The van der Waals surface area contributed by atoms with Crippen molar-refractivity contribution in [3.05, 3.63) is 29.3 Å². The van der Waals surface area contributed by atoms with E-state index in [1.165, 1.54) is 11.1 Å². The maximum absolute atomic E-state index is 12.4. The molecule has 1 fully saturated rings. The number of fused-ring (bicyclic) bond motifs is 1. The molecule has 0 saturated heterocycles. The number of carboxylic acid groups (broad SMARTS) is 1. The van der Waals surface area contributed by atoms with Gasteiger partial charge in [-0.2, -0.15) is 0 Å². The van der Waals surface area contributed by atoms with Gasteiger partial charge in [-0.05, 0) is 37.8 Å². The minimum Gasteiger partial charge on any atom is -0.481 e. The fourth-order valence-electron chi connectivity index (χ4n) is 2.90. The van der Waals surface area contributed by atoms with Crippen LogP contribution in [0.2, 0.25) is 0 Å². The first kappa shape index (κ1) is 12.2. The summed E-state index contributed by atoms with van der Waals surface area (Å²) in [5, 5.41) is 8.93. The van der Waals surface area contributed by atoms with Crippen LogP contribution in [0.25, 0.3) is 0 Å². The molecule has 1 aliphatic carbocycles. The highest BCUT2D eigenvalue weighted by molar-refractivity contribution is 6.00. The summed E-state index contributed by atoms with van der Waals surface area (Å²) in [5.41, 5.74) is 3.37. The number of benzene rings is 1. The average Bonchev–Trinajstić information content (AvgIpc) is 3.17. The Hall–Kier alpha value is -1.84. The summed E-state index contributed by atoms with van der Waals surface area (Å²) in [6.45, 7) is 2.75. The van der Waals surface area contributed by atoms with Gasteiger partial charge in [-0.25, -0.2) is 0 Å². The maximum atomic E-state index is 12.4. The Balaban J connectivity index is 1.84. The number of aryl methyl sites for hydroxylation is 2. The van der Waals surface area contributed by atoms with Gasteiger partial charge in [0.05, 0.1) is 11.8 Å². The molecule has 1 aliphatic heterocycles. The molecule has 4 nitrogen and oxygen atoms in total. The van der Waals surface area contributed by atoms with Crippen molar-refractivity contribution in [2.45, 2.75) is 26.2 Å². The quantitative estimate of drug-likeness (QED) is 0.883. The van der Waals surface area contributed by atoms with E-state index in [2.05, 4.69) is 6.07 Å². The Labute approximate surface area is 112 Å². The van der Waals surface area contributed by atoms with E-state index in [1.54, 1.807) is 4.90 Å². The monoisotopic (exact) mass is 259 g/mol. The van der Waals surface area contributed by atoms with E-state index in [1.807, 2.05) is 19.1 Å². The standard InChI is InChI=1S/C15H17NO3/c1-9-4-5-13-10(7-9)3-2-6-16(13)14(17)11-8-12(11)15(18)19/h4-5,7,11-12H,2-3,6,8H2,1H3,(H,18,19). The van der Waals surface area contributed by atoms with Gasteiger partial charge in [-0.15, -0.1) is 0 Å². The molecule has 2 aliphatic rings. The number of rotatable bonds is 2. The van der Waals surface area contributed by atoms with E-state index in [4.69, 9.17) is 5.11 Å². The van der Waals surface area contributed by atoms with Crippen LogP contribution in [-0.4, -0.2) is 23.5 Å². The number of nitrogens with zero attached hydrogens (tertiary/aromatic N) is 1. The third-order valence-corrected chi connectivity index (χ3v) is 4.04. The highest BCUT2D eigenvalue weighted by Gasteiger charge is 2.50. The van der Waals surface area contributed by atoms with Crippen LogP contribution < -0.4 is 4.90 Å². The molecule has 1 aromatic carbocycles. The van der Waals surface area contributed by atoms with Gasteiger partial charge in [-0.1, -0.05) is 17.7 Å². The smallest absolute Gasteiger partial charge is 0.307 e. The van der Waals surface area contributed by atoms with Gasteiger partial charge in [0.2, 0.25) is 5.91 Å². The lowest BCUT2D eigenvalue weighted by Gasteiger charge is -2.30.